The van der Waals surface area contributed by atoms with E-state index in [1.54, 1.807) is 7.11 Å². The highest BCUT2D eigenvalue weighted by atomic mass is 16.5. The molecule has 0 aromatic rings. The second-order valence-corrected chi connectivity index (χ2v) is 4.93. The molecule has 0 aromatic heterocycles. The van der Waals surface area contributed by atoms with Gasteiger partial charge in [-0.1, -0.05) is 12.8 Å². The first kappa shape index (κ1) is 12.0. The molecule has 84 valence electrons. The van der Waals surface area contributed by atoms with Crippen molar-refractivity contribution >= 4 is 0 Å². The molecule has 0 unspecified atom stereocenters. The Morgan fingerprint density at radius 3 is 2.14 bits per heavy atom. The van der Waals surface area contributed by atoms with Crippen LogP contribution >= 0.6 is 0 Å². The summed E-state index contributed by atoms with van der Waals surface area (Å²) < 4.78 is 5.13. The van der Waals surface area contributed by atoms with E-state index in [0.29, 0.717) is 0 Å². The largest absolute Gasteiger partial charge is 0.385 e. The van der Waals surface area contributed by atoms with E-state index in [1.807, 2.05) is 0 Å². The van der Waals surface area contributed by atoms with Crippen LogP contribution in [0.15, 0.2) is 0 Å². The molecule has 0 heterocycles. The number of nitrogens with zero attached hydrogens (tertiary/aromatic N) is 1. The minimum Gasteiger partial charge on any atom is -0.385 e. The number of rotatable bonds is 5. The van der Waals surface area contributed by atoms with E-state index in [0.717, 1.165) is 18.4 Å². The Balaban J connectivity index is 2.11. The highest BCUT2D eigenvalue weighted by Crippen LogP contribution is 2.30. The van der Waals surface area contributed by atoms with Crippen molar-refractivity contribution in [3.05, 3.63) is 0 Å². The molecular weight excluding hydrogens is 174 g/mol. The van der Waals surface area contributed by atoms with Crippen LogP contribution in [0.1, 0.15) is 32.1 Å². The van der Waals surface area contributed by atoms with Crippen LogP contribution in [0.2, 0.25) is 0 Å². The molecule has 0 radical (unpaired) electrons. The van der Waals surface area contributed by atoms with Gasteiger partial charge in [0.25, 0.3) is 0 Å². The van der Waals surface area contributed by atoms with Gasteiger partial charge in [0, 0.05) is 20.3 Å². The predicted molar refractivity (Wildman–Crippen MR) is 60.5 cm³/mol. The van der Waals surface area contributed by atoms with Crippen molar-refractivity contribution < 1.29 is 4.74 Å². The molecule has 0 spiro atoms. The van der Waals surface area contributed by atoms with E-state index in [9.17, 15) is 0 Å². The van der Waals surface area contributed by atoms with Crippen molar-refractivity contribution in [2.75, 3.05) is 34.4 Å². The number of hydrogen-bond donors (Lipinski definition) is 0. The van der Waals surface area contributed by atoms with E-state index in [1.165, 1.54) is 38.6 Å². The first-order valence-electron chi connectivity index (χ1n) is 5.86. The summed E-state index contributed by atoms with van der Waals surface area (Å²) in [5, 5.41) is 0. The number of ether oxygens (including phenoxy) is 1. The molecule has 2 nitrogen and oxygen atoms in total. The summed E-state index contributed by atoms with van der Waals surface area (Å²) in [5.74, 6) is 1.89. The van der Waals surface area contributed by atoms with Gasteiger partial charge in [0.05, 0.1) is 0 Å². The van der Waals surface area contributed by atoms with E-state index >= 15 is 0 Å². The summed E-state index contributed by atoms with van der Waals surface area (Å²) in [4.78, 5) is 2.32. The molecule has 0 bridgehead atoms. The SMILES string of the molecule is COCCC1CCC(CN(C)C)CC1. The van der Waals surface area contributed by atoms with Gasteiger partial charge in [0.15, 0.2) is 0 Å². The topological polar surface area (TPSA) is 12.5 Å². The standard InChI is InChI=1S/C12H25NO/c1-13(2)10-12-6-4-11(5-7-12)8-9-14-3/h11-12H,4-10H2,1-3H3. The molecule has 0 saturated heterocycles. The Bertz CT molecular complexity index is 139. The first-order chi connectivity index (χ1) is 6.72. The third-order valence-electron chi connectivity index (χ3n) is 3.32. The van der Waals surface area contributed by atoms with Gasteiger partial charge < -0.3 is 9.64 Å². The molecule has 1 aliphatic rings. The van der Waals surface area contributed by atoms with Gasteiger partial charge >= 0.3 is 0 Å². The molecule has 0 amide bonds. The van der Waals surface area contributed by atoms with Crippen LogP contribution in [-0.4, -0.2) is 39.3 Å². The maximum absolute atomic E-state index is 5.13. The van der Waals surface area contributed by atoms with Crippen LogP contribution in [0.25, 0.3) is 0 Å². The van der Waals surface area contributed by atoms with Crippen molar-refractivity contribution in [3.63, 3.8) is 0 Å². The van der Waals surface area contributed by atoms with Crippen LogP contribution in [0.4, 0.5) is 0 Å². The van der Waals surface area contributed by atoms with Crippen molar-refractivity contribution in [2.24, 2.45) is 11.8 Å². The highest BCUT2D eigenvalue weighted by molar-refractivity contribution is 4.73. The van der Waals surface area contributed by atoms with Crippen molar-refractivity contribution in [3.8, 4) is 0 Å². The minimum absolute atomic E-state index is 0.938. The van der Waals surface area contributed by atoms with E-state index in [4.69, 9.17) is 4.74 Å². The van der Waals surface area contributed by atoms with Crippen molar-refractivity contribution in [2.45, 2.75) is 32.1 Å². The van der Waals surface area contributed by atoms with E-state index < -0.39 is 0 Å². The van der Waals surface area contributed by atoms with Gasteiger partial charge in [0.2, 0.25) is 0 Å². The molecule has 0 atom stereocenters. The lowest BCUT2D eigenvalue weighted by Gasteiger charge is -2.30. The summed E-state index contributed by atoms with van der Waals surface area (Å²) in [6.07, 6.45) is 6.95. The first-order valence-corrected chi connectivity index (χ1v) is 5.86. The maximum atomic E-state index is 5.13. The van der Waals surface area contributed by atoms with Gasteiger partial charge in [-0.2, -0.15) is 0 Å². The molecule has 1 rings (SSSR count). The lowest BCUT2D eigenvalue weighted by molar-refractivity contribution is 0.150. The summed E-state index contributed by atoms with van der Waals surface area (Å²) in [6, 6.07) is 0. The second-order valence-electron chi connectivity index (χ2n) is 4.93. The molecule has 1 fully saturated rings. The second kappa shape index (κ2) is 6.41. The maximum Gasteiger partial charge on any atom is 0.0464 e. The number of methoxy groups -OCH3 is 1. The van der Waals surface area contributed by atoms with Crippen molar-refractivity contribution in [1.82, 2.24) is 4.90 Å². The monoisotopic (exact) mass is 199 g/mol. The van der Waals surface area contributed by atoms with Crippen LogP contribution in [0.3, 0.4) is 0 Å². The summed E-state index contributed by atoms with van der Waals surface area (Å²) >= 11 is 0. The average molecular weight is 199 g/mol. The van der Waals surface area contributed by atoms with Gasteiger partial charge in [0.1, 0.15) is 0 Å². The normalized spacial score (nSPS) is 28.3. The van der Waals surface area contributed by atoms with Gasteiger partial charge in [-0.05, 0) is 45.2 Å². The zero-order valence-electron chi connectivity index (χ0n) is 9.96. The summed E-state index contributed by atoms with van der Waals surface area (Å²) in [5.41, 5.74) is 0. The van der Waals surface area contributed by atoms with Crippen LogP contribution in [-0.2, 0) is 4.74 Å². The number of hydrogen-bond acceptors (Lipinski definition) is 2. The lowest BCUT2D eigenvalue weighted by atomic mass is 9.80. The van der Waals surface area contributed by atoms with Gasteiger partial charge in [-0.3, -0.25) is 0 Å². The molecular formula is C12H25NO. The molecule has 0 aliphatic heterocycles. The fourth-order valence-electron chi connectivity index (χ4n) is 2.50. The summed E-state index contributed by atoms with van der Waals surface area (Å²) in [6.45, 7) is 2.22. The molecule has 2 heteroatoms. The fourth-order valence-corrected chi connectivity index (χ4v) is 2.50. The molecule has 1 saturated carbocycles. The molecule has 1 aliphatic carbocycles. The molecule has 0 N–H and O–H groups in total. The third-order valence-corrected chi connectivity index (χ3v) is 3.32. The third kappa shape index (κ3) is 4.43. The molecule has 14 heavy (non-hydrogen) atoms. The Hall–Kier alpha value is -0.0800. The Morgan fingerprint density at radius 1 is 1.07 bits per heavy atom. The predicted octanol–water partition coefficient (Wildman–Crippen LogP) is 2.39. The Labute approximate surface area is 88.6 Å². The van der Waals surface area contributed by atoms with Crippen LogP contribution in [0.5, 0.6) is 0 Å². The van der Waals surface area contributed by atoms with Gasteiger partial charge in [-0.25, -0.2) is 0 Å². The van der Waals surface area contributed by atoms with E-state index in [-0.39, 0.29) is 0 Å². The molecule has 0 aromatic carbocycles. The zero-order valence-corrected chi connectivity index (χ0v) is 9.96. The van der Waals surface area contributed by atoms with Crippen LogP contribution < -0.4 is 0 Å². The minimum atomic E-state index is 0.938. The smallest absolute Gasteiger partial charge is 0.0464 e. The highest BCUT2D eigenvalue weighted by Gasteiger charge is 2.20. The average Bonchev–Trinajstić information content (AvgIpc) is 2.16. The van der Waals surface area contributed by atoms with E-state index in [2.05, 4.69) is 19.0 Å². The Kier molecular flexibility index (Phi) is 5.49. The fraction of sp³-hybridized carbons (Fsp3) is 1.00. The van der Waals surface area contributed by atoms with Crippen LogP contribution in [0, 0.1) is 11.8 Å². The Morgan fingerprint density at radius 2 is 1.64 bits per heavy atom. The quantitative estimate of drug-likeness (QED) is 0.674. The van der Waals surface area contributed by atoms with Gasteiger partial charge in [-0.15, -0.1) is 0 Å². The zero-order chi connectivity index (χ0) is 10.4. The lowest BCUT2D eigenvalue weighted by Crippen LogP contribution is -2.26. The summed E-state index contributed by atoms with van der Waals surface area (Å²) in [7, 11) is 6.16. The van der Waals surface area contributed by atoms with Crippen molar-refractivity contribution in [1.29, 1.82) is 0 Å².